The molecule has 0 aliphatic rings. The number of benzene rings is 1. The minimum absolute atomic E-state index is 0.0531. The van der Waals surface area contributed by atoms with Crippen molar-refractivity contribution in [2.24, 2.45) is 0 Å². The van der Waals surface area contributed by atoms with Gasteiger partial charge in [0.2, 0.25) is 0 Å². The average Bonchev–Trinajstić information content (AvgIpc) is 2.40. The Morgan fingerprint density at radius 1 is 1.24 bits per heavy atom. The minimum atomic E-state index is -4.82. The van der Waals surface area contributed by atoms with E-state index in [9.17, 15) is 18.0 Å². The van der Waals surface area contributed by atoms with E-state index in [-0.39, 0.29) is 17.1 Å². The Bertz CT molecular complexity index is 659. The van der Waals surface area contributed by atoms with Crippen molar-refractivity contribution in [3.8, 4) is 5.75 Å². The highest BCUT2D eigenvalue weighted by Crippen LogP contribution is 2.31. The summed E-state index contributed by atoms with van der Waals surface area (Å²) in [7, 11) is 0. The standard InChI is InChI=1S/C13H9F3N2O3/c14-13(15,16)21-11-4-2-1-3-9(11)18-8-5-6-17-10(7-8)12(19)20/h1-7H,(H,17,18)(H,19,20). The number of hydrogen-bond donors (Lipinski definition) is 2. The highest BCUT2D eigenvalue weighted by molar-refractivity contribution is 5.86. The predicted molar refractivity (Wildman–Crippen MR) is 67.6 cm³/mol. The van der Waals surface area contributed by atoms with Crippen molar-refractivity contribution in [2.45, 2.75) is 6.36 Å². The van der Waals surface area contributed by atoms with E-state index in [1.165, 1.54) is 36.5 Å². The smallest absolute Gasteiger partial charge is 0.477 e. The predicted octanol–water partition coefficient (Wildman–Crippen LogP) is 3.42. The Morgan fingerprint density at radius 3 is 2.62 bits per heavy atom. The molecule has 0 saturated heterocycles. The van der Waals surface area contributed by atoms with E-state index in [1.807, 2.05) is 0 Å². The summed E-state index contributed by atoms with van der Waals surface area (Å²) in [6.07, 6.45) is -3.58. The first-order valence-electron chi connectivity index (χ1n) is 5.66. The molecule has 0 aliphatic carbocycles. The number of nitrogens with one attached hydrogen (secondary N) is 1. The normalized spacial score (nSPS) is 11.0. The van der Waals surface area contributed by atoms with Crippen LogP contribution in [0.25, 0.3) is 0 Å². The van der Waals surface area contributed by atoms with E-state index >= 15 is 0 Å². The molecule has 2 N–H and O–H groups in total. The van der Waals surface area contributed by atoms with Gasteiger partial charge in [-0.15, -0.1) is 13.2 Å². The van der Waals surface area contributed by atoms with Gasteiger partial charge in [0.1, 0.15) is 5.69 Å². The molecular weight excluding hydrogens is 289 g/mol. The number of ether oxygens (including phenoxy) is 1. The van der Waals surface area contributed by atoms with Gasteiger partial charge >= 0.3 is 12.3 Å². The molecule has 0 radical (unpaired) electrons. The Labute approximate surface area is 117 Å². The SMILES string of the molecule is O=C(O)c1cc(Nc2ccccc2OC(F)(F)F)ccn1. The fraction of sp³-hybridized carbons (Fsp3) is 0.0769. The Hall–Kier alpha value is -2.77. The van der Waals surface area contributed by atoms with E-state index in [2.05, 4.69) is 15.0 Å². The van der Waals surface area contributed by atoms with Crippen LogP contribution in [0.3, 0.4) is 0 Å². The number of carboxylic acids is 1. The second-order valence-electron chi connectivity index (χ2n) is 3.90. The highest BCUT2D eigenvalue weighted by atomic mass is 19.4. The number of carboxylic acid groups (broad SMARTS) is 1. The van der Waals surface area contributed by atoms with Crippen molar-refractivity contribution in [3.05, 3.63) is 48.3 Å². The van der Waals surface area contributed by atoms with Crippen LogP contribution in [0.15, 0.2) is 42.6 Å². The van der Waals surface area contributed by atoms with Crippen LogP contribution >= 0.6 is 0 Å². The molecule has 0 fully saturated rings. The lowest BCUT2D eigenvalue weighted by Gasteiger charge is -2.14. The van der Waals surface area contributed by atoms with Crippen LogP contribution in [0, 0.1) is 0 Å². The van der Waals surface area contributed by atoms with Gasteiger partial charge in [-0.1, -0.05) is 12.1 Å². The summed E-state index contributed by atoms with van der Waals surface area (Å²) in [5.74, 6) is -1.66. The minimum Gasteiger partial charge on any atom is -0.477 e. The third kappa shape index (κ3) is 4.10. The summed E-state index contributed by atoms with van der Waals surface area (Å²) in [5.41, 5.74) is 0.104. The van der Waals surface area contributed by atoms with Crippen LogP contribution in [0.4, 0.5) is 24.5 Å². The molecule has 2 rings (SSSR count). The number of carbonyl (C=O) groups is 1. The molecule has 0 aliphatic heterocycles. The molecule has 1 aromatic heterocycles. The molecule has 0 bridgehead atoms. The molecule has 0 unspecified atom stereocenters. The first-order chi connectivity index (χ1) is 9.85. The van der Waals surface area contributed by atoms with Crippen molar-refractivity contribution in [1.82, 2.24) is 4.98 Å². The maximum absolute atomic E-state index is 12.3. The topological polar surface area (TPSA) is 71.5 Å². The summed E-state index contributed by atoms with van der Waals surface area (Å²) < 4.78 is 40.8. The van der Waals surface area contributed by atoms with E-state index in [4.69, 9.17) is 5.11 Å². The number of para-hydroxylation sites is 2. The molecule has 5 nitrogen and oxygen atoms in total. The zero-order valence-electron chi connectivity index (χ0n) is 10.4. The van der Waals surface area contributed by atoms with Crippen molar-refractivity contribution in [3.63, 3.8) is 0 Å². The summed E-state index contributed by atoms with van der Waals surface area (Å²) in [6, 6.07) is 8.06. The molecule has 0 spiro atoms. The lowest BCUT2D eigenvalue weighted by atomic mass is 10.2. The van der Waals surface area contributed by atoms with Crippen molar-refractivity contribution >= 4 is 17.3 Å². The van der Waals surface area contributed by atoms with Crippen molar-refractivity contribution < 1.29 is 27.8 Å². The number of halogens is 3. The quantitative estimate of drug-likeness (QED) is 0.905. The van der Waals surface area contributed by atoms with Gasteiger partial charge < -0.3 is 15.2 Å². The Kier molecular flexibility index (Phi) is 3.97. The maximum Gasteiger partial charge on any atom is 0.573 e. The van der Waals surface area contributed by atoms with Crippen molar-refractivity contribution in [1.29, 1.82) is 0 Å². The van der Waals surface area contributed by atoms with E-state index in [1.54, 1.807) is 0 Å². The summed E-state index contributed by atoms with van der Waals surface area (Å²) in [5, 5.41) is 11.5. The van der Waals surface area contributed by atoms with Gasteiger partial charge in [-0.05, 0) is 24.3 Å². The lowest BCUT2D eigenvalue weighted by Crippen LogP contribution is -2.17. The molecule has 1 heterocycles. The molecule has 2 aromatic rings. The van der Waals surface area contributed by atoms with E-state index in [0.717, 1.165) is 6.07 Å². The first kappa shape index (κ1) is 14.6. The monoisotopic (exact) mass is 298 g/mol. The largest absolute Gasteiger partial charge is 0.573 e. The van der Waals surface area contributed by atoms with Crippen LogP contribution in [0.1, 0.15) is 10.5 Å². The molecule has 8 heteroatoms. The lowest BCUT2D eigenvalue weighted by molar-refractivity contribution is -0.274. The third-order valence-corrected chi connectivity index (χ3v) is 2.37. The molecule has 0 atom stereocenters. The number of pyridine rings is 1. The van der Waals surface area contributed by atoms with Crippen LogP contribution in [-0.4, -0.2) is 22.4 Å². The van der Waals surface area contributed by atoms with Crippen molar-refractivity contribution in [2.75, 3.05) is 5.32 Å². The summed E-state index contributed by atoms with van der Waals surface area (Å²) in [6.45, 7) is 0. The number of nitrogens with zero attached hydrogens (tertiary/aromatic N) is 1. The van der Waals surface area contributed by atoms with Gasteiger partial charge in [-0.2, -0.15) is 0 Å². The van der Waals surface area contributed by atoms with Crippen LogP contribution in [0.2, 0.25) is 0 Å². The Balaban J connectivity index is 2.27. The molecular formula is C13H9F3N2O3. The number of aromatic nitrogens is 1. The Morgan fingerprint density at radius 2 is 1.95 bits per heavy atom. The zero-order chi connectivity index (χ0) is 15.5. The maximum atomic E-state index is 12.3. The number of aromatic carboxylic acids is 1. The molecule has 0 amide bonds. The fourth-order valence-electron chi connectivity index (χ4n) is 1.56. The molecule has 110 valence electrons. The van der Waals surface area contributed by atoms with E-state index in [0.29, 0.717) is 0 Å². The van der Waals surface area contributed by atoms with Gasteiger partial charge in [0, 0.05) is 11.9 Å². The van der Waals surface area contributed by atoms with Gasteiger partial charge in [0.05, 0.1) is 5.69 Å². The number of anilines is 2. The molecule has 0 saturated carbocycles. The van der Waals surface area contributed by atoms with E-state index < -0.39 is 18.1 Å². The second kappa shape index (κ2) is 5.70. The summed E-state index contributed by atoms with van der Waals surface area (Å²) in [4.78, 5) is 14.4. The zero-order valence-corrected chi connectivity index (χ0v) is 10.4. The fourth-order valence-corrected chi connectivity index (χ4v) is 1.56. The van der Waals surface area contributed by atoms with Crippen LogP contribution < -0.4 is 10.1 Å². The number of hydrogen-bond acceptors (Lipinski definition) is 4. The van der Waals surface area contributed by atoms with Crippen LogP contribution in [-0.2, 0) is 0 Å². The number of alkyl halides is 3. The second-order valence-corrected chi connectivity index (χ2v) is 3.90. The van der Waals surface area contributed by atoms with Gasteiger partial charge in [-0.25, -0.2) is 9.78 Å². The third-order valence-electron chi connectivity index (χ3n) is 2.37. The highest BCUT2D eigenvalue weighted by Gasteiger charge is 2.32. The van der Waals surface area contributed by atoms with Gasteiger partial charge in [0.25, 0.3) is 0 Å². The van der Waals surface area contributed by atoms with Gasteiger partial charge in [0.15, 0.2) is 5.75 Å². The number of rotatable bonds is 4. The average molecular weight is 298 g/mol. The molecule has 1 aromatic carbocycles. The summed E-state index contributed by atoms with van der Waals surface area (Å²) >= 11 is 0. The van der Waals surface area contributed by atoms with Gasteiger partial charge in [-0.3, -0.25) is 0 Å². The van der Waals surface area contributed by atoms with Crippen LogP contribution in [0.5, 0.6) is 5.75 Å². The molecule has 21 heavy (non-hydrogen) atoms. The first-order valence-corrected chi connectivity index (χ1v) is 5.66.